The van der Waals surface area contributed by atoms with Crippen LogP contribution in [-0.2, 0) is 4.74 Å². The molecule has 0 aliphatic carbocycles. The second-order valence-electron chi connectivity index (χ2n) is 4.38. The SMILES string of the molecule is CCNC1CCN(C2CCOCC2)C1. The van der Waals surface area contributed by atoms with Crippen LogP contribution in [0, 0.1) is 0 Å². The van der Waals surface area contributed by atoms with Crippen LogP contribution in [0.15, 0.2) is 0 Å². The molecule has 0 amide bonds. The summed E-state index contributed by atoms with van der Waals surface area (Å²) >= 11 is 0. The Labute approximate surface area is 86.8 Å². The van der Waals surface area contributed by atoms with E-state index in [0.29, 0.717) is 0 Å². The zero-order valence-corrected chi connectivity index (χ0v) is 9.17. The van der Waals surface area contributed by atoms with E-state index in [4.69, 9.17) is 4.74 Å². The van der Waals surface area contributed by atoms with Crippen LogP contribution in [-0.4, -0.2) is 49.8 Å². The molecule has 0 aromatic rings. The zero-order chi connectivity index (χ0) is 9.80. The first kappa shape index (κ1) is 10.4. The molecule has 14 heavy (non-hydrogen) atoms. The van der Waals surface area contributed by atoms with Crippen molar-refractivity contribution in [3.63, 3.8) is 0 Å². The van der Waals surface area contributed by atoms with Gasteiger partial charge in [0, 0.05) is 38.4 Å². The van der Waals surface area contributed by atoms with Crippen LogP contribution < -0.4 is 5.32 Å². The monoisotopic (exact) mass is 198 g/mol. The van der Waals surface area contributed by atoms with Gasteiger partial charge in [0.15, 0.2) is 0 Å². The molecule has 0 radical (unpaired) electrons. The highest BCUT2D eigenvalue weighted by atomic mass is 16.5. The Hall–Kier alpha value is -0.120. The maximum Gasteiger partial charge on any atom is 0.0480 e. The molecule has 2 saturated heterocycles. The number of hydrogen-bond donors (Lipinski definition) is 1. The third-order valence-electron chi connectivity index (χ3n) is 3.42. The molecular formula is C11H22N2O. The largest absolute Gasteiger partial charge is 0.381 e. The van der Waals surface area contributed by atoms with Crippen molar-refractivity contribution >= 4 is 0 Å². The highest BCUT2D eigenvalue weighted by Crippen LogP contribution is 2.19. The minimum absolute atomic E-state index is 0.739. The lowest BCUT2D eigenvalue weighted by molar-refractivity contribution is 0.0417. The van der Waals surface area contributed by atoms with Gasteiger partial charge in [-0.25, -0.2) is 0 Å². The molecule has 2 aliphatic heterocycles. The van der Waals surface area contributed by atoms with E-state index in [0.717, 1.165) is 31.8 Å². The molecule has 2 aliphatic rings. The van der Waals surface area contributed by atoms with E-state index in [1.54, 1.807) is 0 Å². The molecule has 2 heterocycles. The van der Waals surface area contributed by atoms with Crippen molar-refractivity contribution in [3.05, 3.63) is 0 Å². The predicted molar refractivity (Wildman–Crippen MR) is 57.5 cm³/mol. The summed E-state index contributed by atoms with van der Waals surface area (Å²) in [6.07, 6.45) is 3.79. The molecule has 1 N–H and O–H groups in total. The Morgan fingerprint density at radius 3 is 2.79 bits per heavy atom. The normalized spacial score (nSPS) is 31.1. The van der Waals surface area contributed by atoms with Gasteiger partial charge in [-0.15, -0.1) is 0 Å². The lowest BCUT2D eigenvalue weighted by Gasteiger charge is -2.31. The van der Waals surface area contributed by atoms with Crippen molar-refractivity contribution in [3.8, 4) is 0 Å². The van der Waals surface area contributed by atoms with Gasteiger partial charge in [-0.05, 0) is 25.8 Å². The lowest BCUT2D eigenvalue weighted by Crippen LogP contribution is -2.40. The van der Waals surface area contributed by atoms with Gasteiger partial charge in [0.25, 0.3) is 0 Å². The average molecular weight is 198 g/mol. The van der Waals surface area contributed by atoms with Crippen molar-refractivity contribution in [2.45, 2.75) is 38.3 Å². The van der Waals surface area contributed by atoms with Gasteiger partial charge >= 0.3 is 0 Å². The van der Waals surface area contributed by atoms with Gasteiger partial charge in [-0.1, -0.05) is 6.92 Å². The molecule has 3 heteroatoms. The van der Waals surface area contributed by atoms with E-state index in [2.05, 4.69) is 17.1 Å². The van der Waals surface area contributed by atoms with E-state index in [1.165, 1.54) is 32.4 Å². The van der Waals surface area contributed by atoms with Crippen LogP contribution in [0.4, 0.5) is 0 Å². The number of ether oxygens (including phenoxy) is 1. The third-order valence-corrected chi connectivity index (χ3v) is 3.42. The molecule has 2 rings (SSSR count). The lowest BCUT2D eigenvalue weighted by atomic mass is 10.1. The first-order chi connectivity index (χ1) is 6.90. The maximum atomic E-state index is 5.39. The molecule has 0 bridgehead atoms. The summed E-state index contributed by atoms with van der Waals surface area (Å²) < 4.78 is 5.39. The molecule has 1 unspecified atom stereocenters. The van der Waals surface area contributed by atoms with Crippen LogP contribution in [0.1, 0.15) is 26.2 Å². The third kappa shape index (κ3) is 2.47. The fraction of sp³-hybridized carbons (Fsp3) is 1.00. The molecule has 0 spiro atoms. The van der Waals surface area contributed by atoms with Gasteiger partial charge in [0.1, 0.15) is 0 Å². The van der Waals surface area contributed by atoms with Crippen LogP contribution >= 0.6 is 0 Å². The van der Waals surface area contributed by atoms with Gasteiger partial charge in [0.05, 0.1) is 0 Å². The standard InChI is InChI=1S/C11H22N2O/c1-2-12-10-3-6-13(9-10)11-4-7-14-8-5-11/h10-12H,2-9H2,1H3. The zero-order valence-electron chi connectivity index (χ0n) is 9.17. The van der Waals surface area contributed by atoms with Crippen LogP contribution in [0.2, 0.25) is 0 Å². The van der Waals surface area contributed by atoms with Crippen molar-refractivity contribution in [2.75, 3.05) is 32.8 Å². The highest BCUT2D eigenvalue weighted by molar-refractivity contribution is 4.85. The van der Waals surface area contributed by atoms with E-state index in [9.17, 15) is 0 Å². The molecule has 82 valence electrons. The Morgan fingerprint density at radius 2 is 2.07 bits per heavy atom. The van der Waals surface area contributed by atoms with E-state index in [-0.39, 0.29) is 0 Å². The minimum Gasteiger partial charge on any atom is -0.381 e. The number of rotatable bonds is 3. The molecule has 0 aromatic carbocycles. The highest BCUT2D eigenvalue weighted by Gasteiger charge is 2.28. The summed E-state index contributed by atoms with van der Waals surface area (Å²) in [7, 11) is 0. The van der Waals surface area contributed by atoms with Crippen LogP contribution in [0.25, 0.3) is 0 Å². The topological polar surface area (TPSA) is 24.5 Å². The molecular weight excluding hydrogens is 176 g/mol. The fourth-order valence-electron chi connectivity index (χ4n) is 2.62. The van der Waals surface area contributed by atoms with E-state index >= 15 is 0 Å². The van der Waals surface area contributed by atoms with Gasteiger partial charge in [-0.3, -0.25) is 4.90 Å². The Morgan fingerprint density at radius 1 is 1.29 bits per heavy atom. The first-order valence-corrected chi connectivity index (χ1v) is 5.95. The number of nitrogens with zero attached hydrogens (tertiary/aromatic N) is 1. The van der Waals surface area contributed by atoms with Crippen LogP contribution in [0.3, 0.4) is 0 Å². The Balaban J connectivity index is 1.76. The second-order valence-corrected chi connectivity index (χ2v) is 4.38. The summed E-state index contributed by atoms with van der Waals surface area (Å²) in [5, 5.41) is 3.54. The smallest absolute Gasteiger partial charge is 0.0480 e. The Bertz CT molecular complexity index is 169. The molecule has 0 aromatic heterocycles. The number of likely N-dealkylation sites (tertiary alicyclic amines) is 1. The summed E-state index contributed by atoms with van der Waals surface area (Å²) in [6.45, 7) is 7.75. The van der Waals surface area contributed by atoms with E-state index < -0.39 is 0 Å². The number of nitrogens with one attached hydrogen (secondary N) is 1. The summed E-state index contributed by atoms with van der Waals surface area (Å²) in [5.41, 5.74) is 0. The number of hydrogen-bond acceptors (Lipinski definition) is 3. The summed E-state index contributed by atoms with van der Waals surface area (Å²) in [4.78, 5) is 2.65. The van der Waals surface area contributed by atoms with Crippen molar-refractivity contribution in [2.24, 2.45) is 0 Å². The first-order valence-electron chi connectivity index (χ1n) is 5.95. The average Bonchev–Trinajstić information content (AvgIpc) is 2.68. The van der Waals surface area contributed by atoms with E-state index in [1.807, 2.05) is 0 Å². The molecule has 0 saturated carbocycles. The van der Waals surface area contributed by atoms with Crippen molar-refractivity contribution in [1.82, 2.24) is 10.2 Å². The van der Waals surface area contributed by atoms with Crippen molar-refractivity contribution < 1.29 is 4.74 Å². The van der Waals surface area contributed by atoms with Gasteiger partial charge < -0.3 is 10.1 Å². The predicted octanol–water partition coefficient (Wildman–Crippen LogP) is 0.849. The molecule has 2 fully saturated rings. The molecule has 3 nitrogen and oxygen atoms in total. The minimum atomic E-state index is 0.739. The number of likely N-dealkylation sites (N-methyl/N-ethyl adjacent to an activating group) is 1. The quantitative estimate of drug-likeness (QED) is 0.727. The van der Waals surface area contributed by atoms with Gasteiger partial charge in [0.2, 0.25) is 0 Å². The Kier molecular flexibility index (Phi) is 3.79. The summed E-state index contributed by atoms with van der Waals surface area (Å²) in [6, 6.07) is 1.54. The summed E-state index contributed by atoms with van der Waals surface area (Å²) in [5.74, 6) is 0. The second kappa shape index (κ2) is 5.10. The maximum absolute atomic E-state index is 5.39. The fourth-order valence-corrected chi connectivity index (χ4v) is 2.62. The van der Waals surface area contributed by atoms with Gasteiger partial charge in [-0.2, -0.15) is 0 Å². The van der Waals surface area contributed by atoms with Crippen LogP contribution in [0.5, 0.6) is 0 Å². The molecule has 1 atom stereocenters. The van der Waals surface area contributed by atoms with Crippen molar-refractivity contribution in [1.29, 1.82) is 0 Å².